The SMILES string of the molecule is COCCCN1C(=O)C(=O)/C(=C(\O)c2ccc(OC)c(C(C)C)c2)C1c1ccc(OC(C)C)cc1. The molecule has 1 fully saturated rings. The van der Waals surface area contributed by atoms with Crippen molar-refractivity contribution in [3.63, 3.8) is 0 Å². The standard InChI is InChI=1S/C28H35NO6/c1-17(2)22-16-20(10-13-23(22)34-6)26(30)24-25(19-8-11-21(12-9-19)35-18(3)4)29(14-7-15-33-5)28(32)27(24)31/h8-13,16-18,25,30H,7,14-15H2,1-6H3/b26-24-. The van der Waals surface area contributed by atoms with Crippen molar-refractivity contribution in [2.24, 2.45) is 0 Å². The molecule has 7 heteroatoms. The summed E-state index contributed by atoms with van der Waals surface area (Å²) in [5.74, 6) is 0.000805. The Morgan fingerprint density at radius 1 is 1.03 bits per heavy atom. The highest BCUT2D eigenvalue weighted by molar-refractivity contribution is 6.46. The number of benzene rings is 2. The molecular formula is C28H35NO6. The van der Waals surface area contributed by atoms with E-state index in [1.54, 1.807) is 26.4 Å². The molecule has 1 amide bonds. The van der Waals surface area contributed by atoms with E-state index in [0.717, 1.165) is 11.1 Å². The van der Waals surface area contributed by atoms with Crippen molar-refractivity contribution >= 4 is 17.4 Å². The molecule has 1 saturated heterocycles. The third kappa shape index (κ3) is 5.68. The zero-order valence-electron chi connectivity index (χ0n) is 21.3. The lowest BCUT2D eigenvalue weighted by Gasteiger charge is -2.25. The largest absolute Gasteiger partial charge is 0.507 e. The first-order valence-corrected chi connectivity index (χ1v) is 11.9. The molecule has 0 bridgehead atoms. The molecule has 1 aliphatic heterocycles. The first kappa shape index (κ1) is 26.3. The van der Waals surface area contributed by atoms with E-state index in [0.29, 0.717) is 36.6 Å². The average Bonchev–Trinajstić information content (AvgIpc) is 3.08. The number of methoxy groups -OCH3 is 2. The maximum Gasteiger partial charge on any atom is 0.295 e. The molecule has 1 atom stereocenters. The van der Waals surface area contributed by atoms with Crippen LogP contribution in [0.4, 0.5) is 0 Å². The quantitative estimate of drug-likeness (QED) is 0.221. The summed E-state index contributed by atoms with van der Waals surface area (Å²) in [6.45, 7) is 8.71. The van der Waals surface area contributed by atoms with Crippen LogP contribution in [0.5, 0.6) is 11.5 Å². The van der Waals surface area contributed by atoms with Gasteiger partial charge in [0.25, 0.3) is 11.7 Å². The third-order valence-electron chi connectivity index (χ3n) is 5.98. The highest BCUT2D eigenvalue weighted by Gasteiger charge is 2.45. The number of ketones is 1. The minimum absolute atomic E-state index is 0.0192. The summed E-state index contributed by atoms with van der Waals surface area (Å²) < 4.78 is 16.3. The third-order valence-corrected chi connectivity index (χ3v) is 5.98. The lowest BCUT2D eigenvalue weighted by Crippen LogP contribution is -2.31. The number of carbonyl (C=O) groups is 2. The van der Waals surface area contributed by atoms with Crippen LogP contribution in [0.2, 0.25) is 0 Å². The van der Waals surface area contributed by atoms with Gasteiger partial charge in [0.1, 0.15) is 17.3 Å². The van der Waals surface area contributed by atoms with E-state index in [1.807, 2.05) is 58.0 Å². The van der Waals surface area contributed by atoms with Crippen molar-refractivity contribution in [1.82, 2.24) is 4.90 Å². The number of carbonyl (C=O) groups excluding carboxylic acids is 2. The van der Waals surface area contributed by atoms with Crippen molar-refractivity contribution in [1.29, 1.82) is 0 Å². The molecule has 1 unspecified atom stereocenters. The minimum Gasteiger partial charge on any atom is -0.507 e. The number of likely N-dealkylation sites (tertiary alicyclic amines) is 1. The van der Waals surface area contributed by atoms with E-state index in [2.05, 4.69) is 0 Å². The molecule has 188 valence electrons. The Labute approximate surface area is 207 Å². The smallest absolute Gasteiger partial charge is 0.295 e. The molecule has 1 heterocycles. The fourth-order valence-electron chi connectivity index (χ4n) is 4.33. The van der Waals surface area contributed by atoms with Crippen LogP contribution in [0.3, 0.4) is 0 Å². The first-order valence-electron chi connectivity index (χ1n) is 11.9. The van der Waals surface area contributed by atoms with Crippen LogP contribution in [0, 0.1) is 0 Å². The number of aliphatic hydroxyl groups excluding tert-OH is 1. The van der Waals surface area contributed by atoms with Gasteiger partial charge in [-0.15, -0.1) is 0 Å². The van der Waals surface area contributed by atoms with Gasteiger partial charge in [0.15, 0.2) is 0 Å². The fraction of sp³-hybridized carbons (Fsp3) is 0.429. The van der Waals surface area contributed by atoms with Gasteiger partial charge in [-0.3, -0.25) is 9.59 Å². The lowest BCUT2D eigenvalue weighted by atomic mass is 9.93. The average molecular weight is 482 g/mol. The topological polar surface area (TPSA) is 85.3 Å². The van der Waals surface area contributed by atoms with Crippen molar-refractivity contribution in [2.75, 3.05) is 27.4 Å². The molecule has 2 aromatic rings. The van der Waals surface area contributed by atoms with E-state index in [-0.39, 0.29) is 23.4 Å². The summed E-state index contributed by atoms with van der Waals surface area (Å²) in [6, 6.07) is 11.9. The number of amides is 1. The molecule has 35 heavy (non-hydrogen) atoms. The fourth-order valence-corrected chi connectivity index (χ4v) is 4.33. The molecule has 7 nitrogen and oxygen atoms in total. The number of hydrogen-bond acceptors (Lipinski definition) is 6. The second kappa shape index (κ2) is 11.4. The van der Waals surface area contributed by atoms with E-state index < -0.39 is 17.7 Å². The molecule has 2 aromatic carbocycles. The Balaban J connectivity index is 2.12. The molecule has 1 aliphatic rings. The van der Waals surface area contributed by atoms with E-state index >= 15 is 0 Å². The van der Waals surface area contributed by atoms with Gasteiger partial charge in [-0.25, -0.2) is 0 Å². The summed E-state index contributed by atoms with van der Waals surface area (Å²) in [7, 11) is 3.19. The van der Waals surface area contributed by atoms with Gasteiger partial charge < -0.3 is 24.2 Å². The number of aliphatic hydroxyl groups is 1. The summed E-state index contributed by atoms with van der Waals surface area (Å²) in [5.41, 5.74) is 2.16. The summed E-state index contributed by atoms with van der Waals surface area (Å²) in [5, 5.41) is 11.4. The summed E-state index contributed by atoms with van der Waals surface area (Å²) in [6.07, 6.45) is 0.583. The van der Waals surface area contributed by atoms with Gasteiger partial charge in [0.2, 0.25) is 0 Å². The Hall–Kier alpha value is -3.32. The Kier molecular flexibility index (Phi) is 8.57. The van der Waals surface area contributed by atoms with Gasteiger partial charge in [0, 0.05) is 25.8 Å². The number of ether oxygens (including phenoxy) is 3. The van der Waals surface area contributed by atoms with Gasteiger partial charge in [0.05, 0.1) is 24.8 Å². The Morgan fingerprint density at radius 3 is 2.29 bits per heavy atom. The van der Waals surface area contributed by atoms with Crippen molar-refractivity contribution in [3.8, 4) is 11.5 Å². The van der Waals surface area contributed by atoms with Crippen molar-refractivity contribution in [2.45, 2.75) is 52.2 Å². The van der Waals surface area contributed by atoms with E-state index in [1.165, 1.54) is 4.90 Å². The molecule has 0 aromatic heterocycles. The minimum atomic E-state index is -0.718. The lowest BCUT2D eigenvalue weighted by molar-refractivity contribution is -0.140. The number of hydrogen-bond donors (Lipinski definition) is 1. The zero-order valence-corrected chi connectivity index (χ0v) is 21.3. The van der Waals surface area contributed by atoms with Crippen LogP contribution in [0.25, 0.3) is 5.76 Å². The molecule has 0 saturated carbocycles. The first-order chi connectivity index (χ1) is 16.7. The molecule has 0 spiro atoms. The summed E-state index contributed by atoms with van der Waals surface area (Å²) >= 11 is 0. The summed E-state index contributed by atoms with van der Waals surface area (Å²) in [4.78, 5) is 27.8. The highest BCUT2D eigenvalue weighted by Crippen LogP contribution is 2.41. The van der Waals surface area contributed by atoms with Gasteiger partial charge >= 0.3 is 0 Å². The van der Waals surface area contributed by atoms with Gasteiger partial charge in [-0.1, -0.05) is 26.0 Å². The number of Topliss-reactive ketones (excluding diaryl/α,β-unsaturated/α-hetero) is 1. The second-order valence-corrected chi connectivity index (χ2v) is 9.19. The van der Waals surface area contributed by atoms with Crippen LogP contribution in [0.15, 0.2) is 48.0 Å². The molecular weight excluding hydrogens is 446 g/mol. The van der Waals surface area contributed by atoms with Gasteiger partial charge in [-0.05, 0) is 67.6 Å². The molecule has 1 N–H and O–H groups in total. The molecule has 3 rings (SSSR count). The maximum atomic E-state index is 13.2. The number of rotatable bonds is 10. The monoisotopic (exact) mass is 481 g/mol. The van der Waals surface area contributed by atoms with Crippen LogP contribution in [-0.4, -0.2) is 55.2 Å². The Bertz CT molecular complexity index is 1090. The zero-order chi connectivity index (χ0) is 25.7. The van der Waals surface area contributed by atoms with Crippen molar-refractivity contribution < 1.29 is 28.9 Å². The highest BCUT2D eigenvalue weighted by atomic mass is 16.5. The molecule has 0 aliphatic carbocycles. The molecule has 0 radical (unpaired) electrons. The van der Waals surface area contributed by atoms with Crippen LogP contribution < -0.4 is 9.47 Å². The second-order valence-electron chi connectivity index (χ2n) is 9.19. The van der Waals surface area contributed by atoms with Crippen LogP contribution in [0.1, 0.15) is 62.8 Å². The Morgan fingerprint density at radius 2 is 1.71 bits per heavy atom. The maximum absolute atomic E-state index is 13.2. The van der Waals surface area contributed by atoms with Crippen LogP contribution >= 0.6 is 0 Å². The number of nitrogens with zero attached hydrogens (tertiary/aromatic N) is 1. The van der Waals surface area contributed by atoms with Gasteiger partial charge in [-0.2, -0.15) is 0 Å². The van der Waals surface area contributed by atoms with Crippen molar-refractivity contribution in [3.05, 3.63) is 64.7 Å². The predicted octanol–water partition coefficient (Wildman–Crippen LogP) is 5.06. The van der Waals surface area contributed by atoms with E-state index in [9.17, 15) is 14.7 Å². The normalized spacial score (nSPS) is 17.5. The predicted molar refractivity (Wildman–Crippen MR) is 135 cm³/mol. The van der Waals surface area contributed by atoms with Crippen LogP contribution in [-0.2, 0) is 14.3 Å². The van der Waals surface area contributed by atoms with E-state index in [4.69, 9.17) is 14.2 Å².